The highest BCUT2D eigenvalue weighted by Gasteiger charge is 2.18. The van der Waals surface area contributed by atoms with E-state index in [1.807, 2.05) is 35.9 Å². The number of H-pyrrole nitrogens is 1. The molecule has 1 N–H and O–H groups in total. The van der Waals surface area contributed by atoms with E-state index in [1.165, 1.54) is 11.3 Å². The standard InChI is InChI=1S/C19H14N4O3S3/c1-10(28-9-14-20-17(23-26-14)13-5-3-7-27-13)16-21-18(24)15-11(8-29-19(15)22-16)12-4-2-6-25-12/h2-8,10H,9H2,1H3,(H,21,22,24). The van der Waals surface area contributed by atoms with Gasteiger partial charge in [0.1, 0.15) is 16.4 Å². The highest BCUT2D eigenvalue weighted by atomic mass is 32.2. The highest BCUT2D eigenvalue weighted by molar-refractivity contribution is 7.98. The van der Waals surface area contributed by atoms with Crippen molar-refractivity contribution < 1.29 is 8.94 Å². The Kier molecular flexibility index (Phi) is 4.82. The molecule has 0 radical (unpaired) electrons. The molecule has 5 aromatic heterocycles. The number of hydrogen-bond donors (Lipinski definition) is 1. The first-order valence-corrected chi connectivity index (χ1v) is 11.5. The molecule has 0 amide bonds. The van der Waals surface area contributed by atoms with Gasteiger partial charge in [-0.3, -0.25) is 4.79 Å². The Morgan fingerprint density at radius 1 is 1.24 bits per heavy atom. The second-order valence-corrected chi connectivity index (χ2v) is 9.34. The first-order chi connectivity index (χ1) is 14.2. The van der Waals surface area contributed by atoms with Crippen LogP contribution in [-0.4, -0.2) is 20.1 Å². The van der Waals surface area contributed by atoms with E-state index in [-0.39, 0.29) is 10.8 Å². The van der Waals surface area contributed by atoms with Gasteiger partial charge in [0.05, 0.1) is 27.5 Å². The second kappa shape index (κ2) is 7.62. The van der Waals surface area contributed by atoms with Crippen molar-refractivity contribution in [1.29, 1.82) is 0 Å². The van der Waals surface area contributed by atoms with Crippen LogP contribution in [0.2, 0.25) is 0 Å². The number of fused-ring (bicyclic) bond motifs is 1. The van der Waals surface area contributed by atoms with Gasteiger partial charge in [0.2, 0.25) is 11.7 Å². The summed E-state index contributed by atoms with van der Waals surface area (Å²) in [6.07, 6.45) is 1.59. The molecule has 5 aromatic rings. The molecular weight excluding hydrogens is 428 g/mol. The predicted octanol–water partition coefficient (Wildman–Crippen LogP) is 5.35. The zero-order chi connectivity index (χ0) is 19.8. The largest absolute Gasteiger partial charge is 0.464 e. The summed E-state index contributed by atoms with van der Waals surface area (Å²) < 4.78 is 10.8. The van der Waals surface area contributed by atoms with Crippen LogP contribution in [0, 0.1) is 0 Å². The van der Waals surface area contributed by atoms with Crippen LogP contribution in [-0.2, 0) is 5.75 Å². The number of nitrogens with one attached hydrogen (secondary N) is 1. The fourth-order valence-corrected chi connectivity index (χ4v) is 5.23. The Bertz CT molecular complexity index is 1300. The van der Waals surface area contributed by atoms with Gasteiger partial charge >= 0.3 is 0 Å². The molecule has 1 atom stereocenters. The van der Waals surface area contributed by atoms with Gasteiger partial charge in [-0.25, -0.2) is 4.98 Å². The van der Waals surface area contributed by atoms with Crippen LogP contribution in [0.3, 0.4) is 0 Å². The van der Waals surface area contributed by atoms with Crippen LogP contribution in [0.1, 0.15) is 23.9 Å². The van der Waals surface area contributed by atoms with Crippen molar-refractivity contribution in [1.82, 2.24) is 20.1 Å². The quantitative estimate of drug-likeness (QED) is 0.378. The first kappa shape index (κ1) is 18.3. The van der Waals surface area contributed by atoms with Crippen LogP contribution < -0.4 is 5.56 Å². The van der Waals surface area contributed by atoms with Gasteiger partial charge in [-0.15, -0.1) is 34.4 Å². The average molecular weight is 443 g/mol. The smallest absolute Gasteiger partial charge is 0.260 e. The molecule has 5 heterocycles. The lowest BCUT2D eigenvalue weighted by Crippen LogP contribution is -2.12. The fourth-order valence-electron chi connectivity index (χ4n) is 2.87. The van der Waals surface area contributed by atoms with Crippen molar-refractivity contribution >= 4 is 44.7 Å². The molecule has 0 saturated heterocycles. The third kappa shape index (κ3) is 3.54. The lowest BCUT2D eigenvalue weighted by Gasteiger charge is -2.09. The van der Waals surface area contributed by atoms with Gasteiger partial charge in [-0.2, -0.15) is 4.98 Å². The number of hydrogen-bond acceptors (Lipinski definition) is 9. The number of thiophene rings is 2. The van der Waals surface area contributed by atoms with Crippen molar-refractivity contribution in [2.75, 3.05) is 0 Å². The minimum Gasteiger partial charge on any atom is -0.464 e. The van der Waals surface area contributed by atoms with E-state index in [9.17, 15) is 4.79 Å². The lowest BCUT2D eigenvalue weighted by atomic mass is 10.2. The summed E-state index contributed by atoms with van der Waals surface area (Å²) in [5.41, 5.74) is 0.602. The van der Waals surface area contributed by atoms with Crippen molar-refractivity contribution in [3.05, 3.63) is 63.4 Å². The van der Waals surface area contributed by atoms with E-state index in [1.54, 1.807) is 35.4 Å². The van der Waals surface area contributed by atoms with E-state index in [0.717, 1.165) is 10.4 Å². The van der Waals surface area contributed by atoms with E-state index in [0.29, 0.717) is 39.3 Å². The van der Waals surface area contributed by atoms with Crippen LogP contribution in [0.4, 0.5) is 0 Å². The molecular formula is C19H14N4O3S3. The summed E-state index contributed by atoms with van der Waals surface area (Å²) in [7, 11) is 0. The molecule has 0 aliphatic rings. The van der Waals surface area contributed by atoms with Gasteiger partial charge < -0.3 is 13.9 Å². The summed E-state index contributed by atoms with van der Waals surface area (Å²) >= 11 is 4.58. The summed E-state index contributed by atoms with van der Waals surface area (Å²) in [5, 5.41) is 8.41. The Morgan fingerprint density at radius 3 is 2.97 bits per heavy atom. The van der Waals surface area contributed by atoms with Crippen molar-refractivity contribution in [2.24, 2.45) is 0 Å². The number of furan rings is 1. The summed E-state index contributed by atoms with van der Waals surface area (Å²) in [6, 6.07) is 7.54. The summed E-state index contributed by atoms with van der Waals surface area (Å²) in [6.45, 7) is 1.99. The maximum Gasteiger partial charge on any atom is 0.260 e. The fraction of sp³-hybridized carbons (Fsp3) is 0.158. The van der Waals surface area contributed by atoms with Crippen molar-refractivity contribution in [3.63, 3.8) is 0 Å². The molecule has 0 saturated carbocycles. The molecule has 146 valence electrons. The Morgan fingerprint density at radius 2 is 2.17 bits per heavy atom. The number of thioether (sulfide) groups is 1. The van der Waals surface area contributed by atoms with Crippen LogP contribution in [0.5, 0.6) is 0 Å². The van der Waals surface area contributed by atoms with Gasteiger partial charge in [-0.05, 0) is 30.5 Å². The predicted molar refractivity (Wildman–Crippen MR) is 115 cm³/mol. The molecule has 0 aliphatic heterocycles. The Labute approximate surface area is 176 Å². The first-order valence-electron chi connectivity index (χ1n) is 8.72. The molecule has 0 fully saturated rings. The number of aromatic nitrogens is 4. The maximum atomic E-state index is 12.7. The average Bonchev–Trinajstić information content (AvgIpc) is 3.52. The molecule has 0 aromatic carbocycles. The van der Waals surface area contributed by atoms with Crippen LogP contribution in [0.15, 0.2) is 55.0 Å². The lowest BCUT2D eigenvalue weighted by molar-refractivity contribution is 0.391. The number of nitrogens with zero attached hydrogens (tertiary/aromatic N) is 3. The number of rotatable bonds is 6. The Hall–Kier alpha value is -2.69. The number of aromatic amines is 1. The van der Waals surface area contributed by atoms with E-state index < -0.39 is 0 Å². The van der Waals surface area contributed by atoms with Crippen LogP contribution in [0.25, 0.3) is 32.2 Å². The zero-order valence-electron chi connectivity index (χ0n) is 15.1. The molecule has 29 heavy (non-hydrogen) atoms. The van der Waals surface area contributed by atoms with Gasteiger partial charge in [-0.1, -0.05) is 11.2 Å². The molecule has 0 bridgehead atoms. The summed E-state index contributed by atoms with van der Waals surface area (Å²) in [4.78, 5) is 26.4. The van der Waals surface area contributed by atoms with E-state index in [2.05, 4.69) is 20.1 Å². The van der Waals surface area contributed by atoms with Crippen molar-refractivity contribution in [2.45, 2.75) is 17.9 Å². The molecule has 7 nitrogen and oxygen atoms in total. The van der Waals surface area contributed by atoms with Gasteiger partial charge in [0.25, 0.3) is 5.56 Å². The zero-order valence-corrected chi connectivity index (χ0v) is 17.6. The summed E-state index contributed by atoms with van der Waals surface area (Å²) in [5.74, 6) is 2.96. The van der Waals surface area contributed by atoms with Gasteiger partial charge in [0.15, 0.2) is 0 Å². The minimum absolute atomic E-state index is 0.0432. The van der Waals surface area contributed by atoms with Crippen molar-refractivity contribution in [3.8, 4) is 22.0 Å². The topological polar surface area (TPSA) is 97.8 Å². The Balaban J connectivity index is 1.35. The molecule has 5 rings (SSSR count). The molecule has 1 unspecified atom stereocenters. The van der Waals surface area contributed by atoms with E-state index in [4.69, 9.17) is 8.94 Å². The highest BCUT2D eigenvalue weighted by Crippen LogP contribution is 2.34. The normalized spacial score (nSPS) is 12.6. The molecule has 0 aliphatic carbocycles. The third-order valence-electron chi connectivity index (χ3n) is 4.30. The minimum atomic E-state index is -0.164. The third-order valence-corrected chi connectivity index (χ3v) is 7.18. The van der Waals surface area contributed by atoms with Gasteiger partial charge in [0, 0.05) is 10.9 Å². The second-order valence-electron chi connectivity index (χ2n) is 6.20. The maximum absolute atomic E-state index is 12.7. The SMILES string of the molecule is CC(SCc1nc(-c2cccs2)no1)c1nc2scc(-c3ccco3)c2c(=O)[nH]1. The monoisotopic (exact) mass is 442 g/mol. The molecule has 0 spiro atoms. The molecule has 10 heteroatoms. The van der Waals surface area contributed by atoms with E-state index >= 15 is 0 Å². The van der Waals surface area contributed by atoms with Crippen LogP contribution >= 0.6 is 34.4 Å².